The fourth-order valence-electron chi connectivity index (χ4n) is 2.96. The largest absolute Gasteiger partial charge is 0.339 e. The van der Waals surface area contributed by atoms with Crippen LogP contribution < -0.4 is 5.32 Å². The Kier molecular flexibility index (Phi) is 5.12. The highest BCUT2D eigenvalue weighted by atomic mass is 19.1. The molecule has 5 heteroatoms. The van der Waals surface area contributed by atoms with E-state index in [-0.39, 0.29) is 11.8 Å². The first-order valence-corrected chi connectivity index (χ1v) is 8.49. The summed E-state index contributed by atoms with van der Waals surface area (Å²) in [4.78, 5) is 26.8. The Morgan fingerprint density at radius 1 is 1.04 bits per heavy atom. The van der Waals surface area contributed by atoms with E-state index in [0.29, 0.717) is 22.7 Å². The van der Waals surface area contributed by atoms with Gasteiger partial charge in [0.2, 0.25) is 0 Å². The number of piperidine rings is 1. The van der Waals surface area contributed by atoms with E-state index in [0.717, 1.165) is 25.9 Å². The number of carbonyl (C=O) groups is 2. The number of amides is 2. The van der Waals surface area contributed by atoms with E-state index >= 15 is 0 Å². The molecule has 0 atom stereocenters. The number of hydrogen-bond acceptors (Lipinski definition) is 2. The summed E-state index contributed by atoms with van der Waals surface area (Å²) in [6.07, 6.45) is 2.01. The van der Waals surface area contributed by atoms with Crippen molar-refractivity contribution in [3.05, 3.63) is 65.5 Å². The molecular formula is C20H21FN2O2. The van der Waals surface area contributed by atoms with Crippen molar-refractivity contribution in [2.45, 2.75) is 19.8 Å². The SMILES string of the molecule is CC1CCN(C(=O)c2cccc(C(=O)Nc3cccc(F)c3)c2)CC1. The number of rotatable bonds is 3. The maximum absolute atomic E-state index is 13.2. The second-order valence-electron chi connectivity index (χ2n) is 6.52. The molecule has 1 fully saturated rings. The maximum atomic E-state index is 13.2. The highest BCUT2D eigenvalue weighted by Gasteiger charge is 2.22. The number of halogens is 1. The standard InChI is InChI=1S/C20H21FN2O2/c1-14-8-10-23(11-9-14)20(25)16-5-2-4-15(12-16)19(24)22-18-7-3-6-17(21)13-18/h2-7,12-14H,8-11H2,1H3,(H,22,24). The number of anilines is 1. The molecule has 0 bridgehead atoms. The van der Waals surface area contributed by atoms with Crippen LogP contribution in [0, 0.1) is 11.7 Å². The molecule has 130 valence electrons. The molecule has 3 rings (SSSR count). The lowest BCUT2D eigenvalue weighted by atomic mass is 9.98. The minimum absolute atomic E-state index is 0.0488. The molecule has 0 radical (unpaired) electrons. The molecule has 0 aliphatic carbocycles. The topological polar surface area (TPSA) is 49.4 Å². The van der Waals surface area contributed by atoms with Crippen molar-refractivity contribution < 1.29 is 14.0 Å². The summed E-state index contributed by atoms with van der Waals surface area (Å²) in [6, 6.07) is 12.4. The summed E-state index contributed by atoms with van der Waals surface area (Å²) in [6.45, 7) is 3.69. The molecule has 25 heavy (non-hydrogen) atoms. The van der Waals surface area contributed by atoms with E-state index in [1.165, 1.54) is 18.2 Å². The van der Waals surface area contributed by atoms with Gasteiger partial charge in [0.05, 0.1) is 0 Å². The Bertz CT molecular complexity index is 783. The van der Waals surface area contributed by atoms with Gasteiger partial charge in [-0.2, -0.15) is 0 Å². The third kappa shape index (κ3) is 4.24. The lowest BCUT2D eigenvalue weighted by molar-refractivity contribution is 0.0697. The molecule has 1 aliphatic rings. The van der Waals surface area contributed by atoms with Crippen molar-refractivity contribution in [3.8, 4) is 0 Å². The number of likely N-dealkylation sites (tertiary alicyclic amines) is 1. The van der Waals surface area contributed by atoms with Gasteiger partial charge in [0.25, 0.3) is 11.8 Å². The van der Waals surface area contributed by atoms with Crippen LogP contribution in [0.25, 0.3) is 0 Å². The quantitative estimate of drug-likeness (QED) is 0.920. The van der Waals surface area contributed by atoms with Crippen LogP contribution in [0.5, 0.6) is 0 Å². The molecule has 2 aromatic carbocycles. The van der Waals surface area contributed by atoms with Crippen molar-refractivity contribution in [2.75, 3.05) is 18.4 Å². The monoisotopic (exact) mass is 340 g/mol. The normalized spacial score (nSPS) is 15.0. The van der Waals surface area contributed by atoms with Gasteiger partial charge >= 0.3 is 0 Å². The molecule has 2 aromatic rings. The number of hydrogen-bond donors (Lipinski definition) is 1. The van der Waals surface area contributed by atoms with Crippen molar-refractivity contribution in [1.82, 2.24) is 4.90 Å². The van der Waals surface area contributed by atoms with E-state index < -0.39 is 5.82 Å². The lowest BCUT2D eigenvalue weighted by Crippen LogP contribution is -2.38. The molecule has 4 nitrogen and oxygen atoms in total. The molecule has 1 N–H and O–H groups in total. The van der Waals surface area contributed by atoms with E-state index in [9.17, 15) is 14.0 Å². The summed E-state index contributed by atoms with van der Waals surface area (Å²) in [5.41, 5.74) is 1.26. The van der Waals surface area contributed by atoms with Crippen LogP contribution in [0.2, 0.25) is 0 Å². The summed E-state index contributed by atoms with van der Waals surface area (Å²) < 4.78 is 13.2. The highest BCUT2D eigenvalue weighted by Crippen LogP contribution is 2.19. The Balaban J connectivity index is 1.72. The summed E-state index contributed by atoms with van der Waals surface area (Å²) >= 11 is 0. The van der Waals surface area contributed by atoms with Gasteiger partial charge in [-0.25, -0.2) is 4.39 Å². The van der Waals surface area contributed by atoms with Gasteiger partial charge in [-0.05, 0) is 55.2 Å². The summed E-state index contributed by atoms with van der Waals surface area (Å²) in [5.74, 6) is -0.187. The average Bonchev–Trinajstić information content (AvgIpc) is 2.62. The average molecular weight is 340 g/mol. The number of carbonyl (C=O) groups excluding carboxylic acids is 2. The molecule has 1 saturated heterocycles. The zero-order chi connectivity index (χ0) is 17.8. The zero-order valence-electron chi connectivity index (χ0n) is 14.2. The molecular weight excluding hydrogens is 319 g/mol. The molecule has 2 amide bonds. The fraction of sp³-hybridized carbons (Fsp3) is 0.300. The lowest BCUT2D eigenvalue weighted by Gasteiger charge is -2.30. The van der Waals surface area contributed by atoms with Crippen LogP contribution >= 0.6 is 0 Å². The molecule has 1 heterocycles. The first kappa shape index (κ1) is 17.1. The number of benzene rings is 2. The van der Waals surface area contributed by atoms with Crippen LogP contribution in [-0.4, -0.2) is 29.8 Å². The van der Waals surface area contributed by atoms with Crippen molar-refractivity contribution in [2.24, 2.45) is 5.92 Å². The van der Waals surface area contributed by atoms with Crippen LogP contribution in [0.1, 0.15) is 40.5 Å². The van der Waals surface area contributed by atoms with Crippen LogP contribution in [0.4, 0.5) is 10.1 Å². The molecule has 0 aromatic heterocycles. The summed E-state index contributed by atoms with van der Waals surface area (Å²) in [7, 11) is 0. The van der Waals surface area contributed by atoms with Gasteiger partial charge in [-0.3, -0.25) is 9.59 Å². The fourth-order valence-corrected chi connectivity index (χ4v) is 2.96. The van der Waals surface area contributed by atoms with Crippen molar-refractivity contribution in [3.63, 3.8) is 0 Å². The molecule has 1 aliphatic heterocycles. The van der Waals surface area contributed by atoms with Gasteiger partial charge in [0.1, 0.15) is 5.82 Å². The summed E-state index contributed by atoms with van der Waals surface area (Å²) in [5, 5.41) is 2.65. The van der Waals surface area contributed by atoms with Gasteiger partial charge < -0.3 is 10.2 Å². The molecule has 0 spiro atoms. The van der Waals surface area contributed by atoms with Gasteiger partial charge in [0, 0.05) is 29.9 Å². The number of nitrogens with one attached hydrogen (secondary N) is 1. The Hall–Kier alpha value is -2.69. The Morgan fingerprint density at radius 3 is 2.44 bits per heavy atom. The second-order valence-corrected chi connectivity index (χ2v) is 6.52. The maximum Gasteiger partial charge on any atom is 0.255 e. The van der Waals surface area contributed by atoms with Gasteiger partial charge in [-0.1, -0.05) is 19.1 Å². The van der Waals surface area contributed by atoms with Crippen molar-refractivity contribution >= 4 is 17.5 Å². The van der Waals surface area contributed by atoms with E-state index in [4.69, 9.17) is 0 Å². The predicted molar refractivity (Wildman–Crippen MR) is 95.1 cm³/mol. The van der Waals surface area contributed by atoms with Gasteiger partial charge in [-0.15, -0.1) is 0 Å². The Labute approximate surface area is 146 Å². The second kappa shape index (κ2) is 7.47. The van der Waals surface area contributed by atoms with Crippen LogP contribution in [0.15, 0.2) is 48.5 Å². The van der Waals surface area contributed by atoms with Crippen molar-refractivity contribution in [1.29, 1.82) is 0 Å². The third-order valence-electron chi connectivity index (χ3n) is 4.53. The van der Waals surface area contributed by atoms with Crippen LogP contribution in [0.3, 0.4) is 0 Å². The predicted octanol–water partition coefficient (Wildman–Crippen LogP) is 3.95. The van der Waals surface area contributed by atoms with E-state index in [1.807, 2.05) is 4.90 Å². The minimum atomic E-state index is -0.416. The zero-order valence-corrected chi connectivity index (χ0v) is 14.2. The third-order valence-corrected chi connectivity index (χ3v) is 4.53. The van der Waals surface area contributed by atoms with E-state index in [2.05, 4.69) is 12.2 Å². The highest BCUT2D eigenvalue weighted by molar-refractivity contribution is 6.06. The Morgan fingerprint density at radius 2 is 1.72 bits per heavy atom. The molecule has 0 unspecified atom stereocenters. The first-order valence-electron chi connectivity index (χ1n) is 8.49. The van der Waals surface area contributed by atoms with E-state index in [1.54, 1.807) is 30.3 Å². The van der Waals surface area contributed by atoms with Crippen LogP contribution in [-0.2, 0) is 0 Å². The smallest absolute Gasteiger partial charge is 0.255 e. The van der Waals surface area contributed by atoms with Gasteiger partial charge in [0.15, 0.2) is 0 Å². The number of nitrogens with zero attached hydrogens (tertiary/aromatic N) is 1. The first-order chi connectivity index (χ1) is 12.0. The minimum Gasteiger partial charge on any atom is -0.339 e. The molecule has 0 saturated carbocycles.